The van der Waals surface area contributed by atoms with Gasteiger partial charge in [-0.3, -0.25) is 0 Å². The highest BCUT2D eigenvalue weighted by Crippen LogP contribution is 2.20. The number of methoxy groups -OCH3 is 1. The first kappa shape index (κ1) is 17.6. The summed E-state index contributed by atoms with van der Waals surface area (Å²) in [5.41, 5.74) is 1.46. The molecule has 2 aromatic carbocycles. The second-order valence-electron chi connectivity index (χ2n) is 5.06. The molecule has 0 aliphatic heterocycles. The molecule has 0 saturated heterocycles. The molecule has 6 heteroatoms. The molecule has 2 aromatic rings. The SMILES string of the molecule is CCOc1ccc(CCNC(=O)Nc2ccc(OC)c(F)c2)cc1. The van der Waals surface area contributed by atoms with Crippen LogP contribution in [0.25, 0.3) is 0 Å². The van der Waals surface area contributed by atoms with E-state index >= 15 is 0 Å². The van der Waals surface area contributed by atoms with Gasteiger partial charge >= 0.3 is 6.03 Å². The molecule has 2 rings (SSSR count). The summed E-state index contributed by atoms with van der Waals surface area (Å²) in [4.78, 5) is 11.8. The number of carbonyl (C=O) groups excluding carboxylic acids is 1. The first-order valence-corrected chi connectivity index (χ1v) is 7.72. The molecule has 0 heterocycles. The highest BCUT2D eigenvalue weighted by atomic mass is 19.1. The Bertz CT molecular complexity index is 674. The molecule has 0 fully saturated rings. The van der Waals surface area contributed by atoms with Gasteiger partial charge in [0.25, 0.3) is 0 Å². The topological polar surface area (TPSA) is 59.6 Å². The van der Waals surface area contributed by atoms with Gasteiger partial charge in [-0.1, -0.05) is 12.1 Å². The maximum Gasteiger partial charge on any atom is 0.319 e. The molecule has 0 aromatic heterocycles. The molecule has 0 aliphatic carbocycles. The van der Waals surface area contributed by atoms with E-state index in [-0.39, 0.29) is 11.8 Å². The van der Waals surface area contributed by atoms with Gasteiger partial charge in [0.1, 0.15) is 5.75 Å². The summed E-state index contributed by atoms with van der Waals surface area (Å²) in [6, 6.07) is 11.6. The Hall–Kier alpha value is -2.76. The molecule has 0 radical (unpaired) electrons. The largest absolute Gasteiger partial charge is 0.494 e. The number of rotatable bonds is 7. The standard InChI is InChI=1S/C18H21FN2O3/c1-3-24-15-7-4-13(5-8-15)10-11-20-18(22)21-14-6-9-17(23-2)16(19)12-14/h4-9,12H,3,10-11H2,1-2H3,(H2,20,21,22). The van der Waals surface area contributed by atoms with E-state index in [2.05, 4.69) is 10.6 Å². The number of anilines is 1. The van der Waals surface area contributed by atoms with Crippen LogP contribution >= 0.6 is 0 Å². The van der Waals surface area contributed by atoms with Gasteiger partial charge in [-0.25, -0.2) is 9.18 Å². The minimum atomic E-state index is -0.523. The number of ether oxygens (including phenoxy) is 2. The smallest absolute Gasteiger partial charge is 0.319 e. The lowest BCUT2D eigenvalue weighted by molar-refractivity contribution is 0.252. The van der Waals surface area contributed by atoms with Crippen LogP contribution in [0, 0.1) is 5.82 Å². The van der Waals surface area contributed by atoms with Crippen LogP contribution in [-0.4, -0.2) is 26.3 Å². The van der Waals surface area contributed by atoms with E-state index in [1.165, 1.54) is 19.2 Å². The summed E-state index contributed by atoms with van der Waals surface area (Å²) < 4.78 is 23.8. The van der Waals surface area contributed by atoms with Crippen LogP contribution in [-0.2, 0) is 6.42 Å². The average molecular weight is 332 g/mol. The van der Waals surface area contributed by atoms with E-state index in [1.54, 1.807) is 6.07 Å². The third-order valence-corrected chi connectivity index (χ3v) is 3.34. The zero-order chi connectivity index (χ0) is 17.4. The molecule has 5 nitrogen and oxygen atoms in total. The molecular formula is C18H21FN2O3. The summed E-state index contributed by atoms with van der Waals surface area (Å²) >= 11 is 0. The Morgan fingerprint density at radius 1 is 1.17 bits per heavy atom. The van der Waals surface area contributed by atoms with Crippen molar-refractivity contribution in [3.8, 4) is 11.5 Å². The fourth-order valence-electron chi connectivity index (χ4n) is 2.16. The molecule has 128 valence electrons. The maximum atomic E-state index is 13.6. The Kier molecular flexibility index (Phi) is 6.42. The number of benzene rings is 2. The van der Waals surface area contributed by atoms with Gasteiger partial charge in [0.15, 0.2) is 11.6 Å². The fourth-order valence-corrected chi connectivity index (χ4v) is 2.16. The molecule has 0 unspecified atom stereocenters. The van der Waals surface area contributed by atoms with E-state index in [1.807, 2.05) is 31.2 Å². The monoisotopic (exact) mass is 332 g/mol. The molecule has 0 spiro atoms. The third kappa shape index (κ3) is 5.15. The van der Waals surface area contributed by atoms with Crippen molar-refractivity contribution in [3.63, 3.8) is 0 Å². The van der Waals surface area contributed by atoms with Gasteiger partial charge in [-0.2, -0.15) is 0 Å². The Labute approximate surface area is 140 Å². The molecular weight excluding hydrogens is 311 g/mol. The highest BCUT2D eigenvalue weighted by molar-refractivity contribution is 5.89. The van der Waals surface area contributed by atoms with Crippen LogP contribution in [0.5, 0.6) is 11.5 Å². The molecule has 0 atom stereocenters. The summed E-state index contributed by atoms with van der Waals surface area (Å²) in [6.45, 7) is 3.04. The van der Waals surface area contributed by atoms with Crippen LogP contribution in [0.15, 0.2) is 42.5 Å². The van der Waals surface area contributed by atoms with Crippen LogP contribution in [0.2, 0.25) is 0 Å². The van der Waals surface area contributed by atoms with Gasteiger partial charge < -0.3 is 20.1 Å². The highest BCUT2D eigenvalue weighted by Gasteiger charge is 2.06. The van der Waals surface area contributed by atoms with Crippen molar-refractivity contribution in [2.24, 2.45) is 0 Å². The van der Waals surface area contributed by atoms with Gasteiger partial charge in [0.05, 0.1) is 13.7 Å². The van der Waals surface area contributed by atoms with Crippen molar-refractivity contribution < 1.29 is 18.7 Å². The summed E-state index contributed by atoms with van der Waals surface area (Å²) in [6.07, 6.45) is 0.691. The number of hydrogen-bond acceptors (Lipinski definition) is 3. The Morgan fingerprint density at radius 2 is 1.92 bits per heavy atom. The van der Waals surface area contributed by atoms with E-state index in [9.17, 15) is 9.18 Å². The normalized spacial score (nSPS) is 10.1. The van der Waals surface area contributed by atoms with Crippen molar-refractivity contribution in [2.45, 2.75) is 13.3 Å². The van der Waals surface area contributed by atoms with Crippen LogP contribution in [0.4, 0.5) is 14.9 Å². The molecule has 2 amide bonds. The fraction of sp³-hybridized carbons (Fsp3) is 0.278. The van der Waals surface area contributed by atoms with E-state index in [0.29, 0.717) is 25.3 Å². The Balaban J connectivity index is 1.77. The van der Waals surface area contributed by atoms with E-state index < -0.39 is 5.82 Å². The van der Waals surface area contributed by atoms with Crippen molar-refractivity contribution in [1.29, 1.82) is 0 Å². The minimum absolute atomic E-state index is 0.136. The number of urea groups is 1. The lowest BCUT2D eigenvalue weighted by Crippen LogP contribution is -2.30. The third-order valence-electron chi connectivity index (χ3n) is 3.34. The van der Waals surface area contributed by atoms with Crippen LogP contribution < -0.4 is 20.1 Å². The molecule has 0 saturated carbocycles. The van der Waals surface area contributed by atoms with Crippen molar-refractivity contribution in [3.05, 3.63) is 53.8 Å². The van der Waals surface area contributed by atoms with Gasteiger partial charge in [-0.15, -0.1) is 0 Å². The summed E-state index contributed by atoms with van der Waals surface area (Å²) in [5.74, 6) is 0.439. The number of hydrogen-bond donors (Lipinski definition) is 2. The number of nitrogens with one attached hydrogen (secondary N) is 2. The predicted octanol–water partition coefficient (Wildman–Crippen LogP) is 3.60. The van der Waals surface area contributed by atoms with Gasteiger partial charge in [0.2, 0.25) is 0 Å². The predicted molar refractivity (Wildman–Crippen MR) is 91.3 cm³/mol. The van der Waals surface area contributed by atoms with Crippen LogP contribution in [0.3, 0.4) is 0 Å². The number of carbonyl (C=O) groups is 1. The molecule has 0 aliphatic rings. The van der Waals surface area contributed by atoms with Crippen LogP contribution in [0.1, 0.15) is 12.5 Å². The zero-order valence-electron chi connectivity index (χ0n) is 13.8. The van der Waals surface area contributed by atoms with Crippen molar-refractivity contribution in [1.82, 2.24) is 5.32 Å². The molecule has 0 bridgehead atoms. The lowest BCUT2D eigenvalue weighted by Gasteiger charge is -2.09. The maximum absolute atomic E-state index is 13.6. The van der Waals surface area contributed by atoms with Crippen molar-refractivity contribution in [2.75, 3.05) is 25.6 Å². The molecule has 2 N–H and O–H groups in total. The quantitative estimate of drug-likeness (QED) is 0.814. The summed E-state index contributed by atoms with van der Waals surface area (Å²) in [5, 5.41) is 5.31. The zero-order valence-corrected chi connectivity index (χ0v) is 13.8. The minimum Gasteiger partial charge on any atom is -0.494 e. The number of amides is 2. The van der Waals surface area contributed by atoms with E-state index in [4.69, 9.17) is 9.47 Å². The first-order valence-electron chi connectivity index (χ1n) is 7.72. The molecule has 24 heavy (non-hydrogen) atoms. The number of halogens is 1. The second-order valence-corrected chi connectivity index (χ2v) is 5.06. The summed E-state index contributed by atoms with van der Waals surface area (Å²) in [7, 11) is 1.39. The Morgan fingerprint density at radius 3 is 2.54 bits per heavy atom. The first-order chi connectivity index (χ1) is 11.6. The lowest BCUT2D eigenvalue weighted by atomic mass is 10.1. The average Bonchev–Trinajstić information content (AvgIpc) is 2.57. The van der Waals surface area contributed by atoms with Gasteiger partial charge in [-0.05, 0) is 43.2 Å². The second kappa shape index (κ2) is 8.76. The van der Waals surface area contributed by atoms with Gasteiger partial charge in [0, 0.05) is 18.3 Å². The van der Waals surface area contributed by atoms with Crippen molar-refractivity contribution >= 4 is 11.7 Å². The van der Waals surface area contributed by atoms with E-state index in [0.717, 1.165) is 11.3 Å².